The fourth-order valence-electron chi connectivity index (χ4n) is 0.500. The van der Waals surface area contributed by atoms with Gasteiger partial charge in [-0.15, -0.1) is 0 Å². The van der Waals surface area contributed by atoms with Crippen LogP contribution in [-0.2, 0) is 10.7 Å². The maximum Gasteiger partial charge on any atom is 0.169 e. The molecule has 5 heteroatoms. The summed E-state index contributed by atoms with van der Waals surface area (Å²) in [6.07, 6.45) is 2.63. The molecule has 0 aliphatic rings. The van der Waals surface area contributed by atoms with Crippen molar-refractivity contribution >= 4 is 22.3 Å². The smallest absolute Gasteiger partial charge is 0.169 e. The Balaban J connectivity index is 3.19. The van der Waals surface area contributed by atoms with Crippen molar-refractivity contribution in [2.45, 2.75) is 4.90 Å². The van der Waals surface area contributed by atoms with Gasteiger partial charge in [0.1, 0.15) is 0 Å². The van der Waals surface area contributed by atoms with Gasteiger partial charge in [-0.25, -0.2) is 8.42 Å². The van der Waals surface area contributed by atoms with Gasteiger partial charge in [0.15, 0.2) is 10.7 Å². The Morgan fingerprint density at radius 2 is 2.10 bits per heavy atom. The molecule has 0 saturated heterocycles. The number of nitrogens with zero attached hydrogens (tertiary/aromatic N) is 1. The molecule has 0 fully saturated rings. The monoisotopic (exact) mass is 177 g/mol. The van der Waals surface area contributed by atoms with Crippen LogP contribution in [0.4, 0.5) is 0 Å². The van der Waals surface area contributed by atoms with E-state index in [0.29, 0.717) is 5.02 Å². The minimum Gasteiger partial charge on any atom is -0.262 e. The van der Waals surface area contributed by atoms with Crippen molar-refractivity contribution in [3.63, 3.8) is 0 Å². The lowest BCUT2D eigenvalue weighted by Crippen LogP contribution is -1.80. The lowest BCUT2D eigenvalue weighted by Gasteiger charge is -1.88. The first-order chi connectivity index (χ1) is 4.70. The molecule has 1 aromatic rings. The largest absolute Gasteiger partial charge is 0.262 e. The molecule has 1 aromatic heterocycles. The van der Waals surface area contributed by atoms with Crippen molar-refractivity contribution in [2.75, 3.05) is 0 Å². The fourth-order valence-corrected chi connectivity index (χ4v) is 1.16. The van der Waals surface area contributed by atoms with Crippen LogP contribution < -0.4 is 0 Å². The molecule has 10 heavy (non-hydrogen) atoms. The molecule has 54 valence electrons. The number of aromatic nitrogens is 1. The van der Waals surface area contributed by atoms with Crippen molar-refractivity contribution in [3.8, 4) is 0 Å². The third-order valence-corrected chi connectivity index (χ3v) is 1.77. The Hall–Kier alpha value is -0.610. The number of halogens is 1. The molecule has 0 amide bonds. The van der Waals surface area contributed by atoms with Crippen molar-refractivity contribution in [2.24, 2.45) is 0 Å². The van der Waals surface area contributed by atoms with Gasteiger partial charge in [0, 0.05) is 12.4 Å². The van der Waals surface area contributed by atoms with E-state index in [2.05, 4.69) is 4.98 Å². The number of pyridine rings is 1. The average molecular weight is 178 g/mol. The highest BCUT2D eigenvalue weighted by molar-refractivity contribution is 7.72. The van der Waals surface area contributed by atoms with E-state index in [0.717, 1.165) is 0 Å². The lowest BCUT2D eigenvalue weighted by molar-refractivity contribution is 0.614. The zero-order valence-electron chi connectivity index (χ0n) is 4.82. The molecule has 1 rings (SSSR count). The molecule has 0 saturated carbocycles. The Bertz CT molecular complexity index is 302. The van der Waals surface area contributed by atoms with Crippen molar-refractivity contribution in [1.82, 2.24) is 4.98 Å². The van der Waals surface area contributed by atoms with Gasteiger partial charge in [-0.2, -0.15) is 0 Å². The second-order valence-corrected chi connectivity index (χ2v) is 3.09. The molecule has 0 bridgehead atoms. The van der Waals surface area contributed by atoms with Gasteiger partial charge in [-0.1, -0.05) is 11.6 Å². The highest BCUT2D eigenvalue weighted by atomic mass is 35.5. The SMILES string of the molecule is O=[SH](=O)c1cncc(Cl)c1. The number of hydrogen-bond acceptors (Lipinski definition) is 3. The normalized spacial score (nSPS) is 10.2. The van der Waals surface area contributed by atoms with Crippen molar-refractivity contribution in [1.29, 1.82) is 0 Å². The summed E-state index contributed by atoms with van der Waals surface area (Å²) in [7, 11) is -2.56. The van der Waals surface area contributed by atoms with Gasteiger partial charge in [0.2, 0.25) is 0 Å². The summed E-state index contributed by atoms with van der Waals surface area (Å²) < 4.78 is 20.6. The van der Waals surface area contributed by atoms with Crippen LogP contribution in [0, 0.1) is 0 Å². The fraction of sp³-hybridized carbons (Fsp3) is 0. The Labute approximate surface area is 64.6 Å². The van der Waals surface area contributed by atoms with Crippen LogP contribution in [0.3, 0.4) is 0 Å². The highest BCUT2D eigenvalue weighted by Crippen LogP contribution is 2.08. The first-order valence-corrected chi connectivity index (χ1v) is 4.00. The van der Waals surface area contributed by atoms with Crippen LogP contribution in [0.1, 0.15) is 0 Å². The van der Waals surface area contributed by atoms with Gasteiger partial charge in [-0.05, 0) is 6.07 Å². The van der Waals surface area contributed by atoms with E-state index in [1.165, 1.54) is 18.5 Å². The topological polar surface area (TPSA) is 47.0 Å². The Morgan fingerprint density at radius 1 is 1.40 bits per heavy atom. The maximum atomic E-state index is 10.3. The number of rotatable bonds is 1. The van der Waals surface area contributed by atoms with Gasteiger partial charge in [-0.3, -0.25) is 4.98 Å². The molecule has 0 atom stereocenters. The zero-order valence-corrected chi connectivity index (χ0v) is 6.47. The summed E-state index contributed by atoms with van der Waals surface area (Å²) in [5, 5.41) is 0.330. The number of hydrogen-bond donors (Lipinski definition) is 1. The molecule has 0 aromatic carbocycles. The first-order valence-electron chi connectivity index (χ1n) is 2.45. The second-order valence-electron chi connectivity index (χ2n) is 1.62. The standard InChI is InChI=1S/C5H4ClNO2S/c6-4-1-5(10(8)9)3-7-2-4/h1-3,10H. The maximum absolute atomic E-state index is 10.3. The quantitative estimate of drug-likeness (QED) is 0.643. The third-order valence-electron chi connectivity index (χ3n) is 0.901. The van der Waals surface area contributed by atoms with Crippen LogP contribution in [0.15, 0.2) is 23.4 Å². The van der Waals surface area contributed by atoms with Crippen molar-refractivity contribution < 1.29 is 8.42 Å². The van der Waals surface area contributed by atoms with Gasteiger partial charge < -0.3 is 0 Å². The molecule has 0 aliphatic heterocycles. The minimum absolute atomic E-state index is 0.141. The van der Waals surface area contributed by atoms with Gasteiger partial charge >= 0.3 is 0 Å². The molecule has 0 unspecified atom stereocenters. The highest BCUT2D eigenvalue weighted by Gasteiger charge is 1.94. The molecular formula is C5H4ClNO2S. The van der Waals surface area contributed by atoms with Crippen LogP contribution in [0.5, 0.6) is 0 Å². The molecule has 0 aliphatic carbocycles. The molecule has 3 nitrogen and oxygen atoms in total. The van der Waals surface area contributed by atoms with Crippen LogP contribution in [-0.4, -0.2) is 13.4 Å². The summed E-state index contributed by atoms with van der Waals surface area (Å²) in [6, 6.07) is 1.35. The average Bonchev–Trinajstić information content (AvgIpc) is 1.88. The lowest BCUT2D eigenvalue weighted by atomic mass is 10.5. The van der Waals surface area contributed by atoms with Crippen LogP contribution >= 0.6 is 11.6 Å². The molecule has 0 radical (unpaired) electrons. The van der Waals surface area contributed by atoms with Crippen LogP contribution in [0.25, 0.3) is 0 Å². The predicted octanol–water partition coefficient (Wildman–Crippen LogP) is 0.705. The Kier molecular flexibility index (Phi) is 2.24. The van der Waals surface area contributed by atoms with E-state index < -0.39 is 10.7 Å². The van der Waals surface area contributed by atoms with E-state index in [9.17, 15) is 8.42 Å². The van der Waals surface area contributed by atoms with E-state index in [-0.39, 0.29) is 4.90 Å². The minimum atomic E-state index is -2.56. The predicted molar refractivity (Wildman–Crippen MR) is 37.8 cm³/mol. The van der Waals surface area contributed by atoms with E-state index in [1.807, 2.05) is 0 Å². The first kappa shape index (κ1) is 7.50. The summed E-state index contributed by atoms with van der Waals surface area (Å²) in [6.45, 7) is 0. The van der Waals surface area contributed by atoms with Crippen molar-refractivity contribution in [3.05, 3.63) is 23.5 Å². The van der Waals surface area contributed by atoms with Crippen LogP contribution in [0.2, 0.25) is 5.02 Å². The Morgan fingerprint density at radius 3 is 2.50 bits per heavy atom. The van der Waals surface area contributed by atoms with Gasteiger partial charge in [0.25, 0.3) is 0 Å². The van der Waals surface area contributed by atoms with E-state index >= 15 is 0 Å². The third kappa shape index (κ3) is 1.68. The summed E-state index contributed by atoms with van der Waals surface area (Å²) in [5.74, 6) is 0. The second kappa shape index (κ2) is 2.98. The van der Waals surface area contributed by atoms with E-state index in [1.54, 1.807) is 0 Å². The molecule has 1 heterocycles. The molecular weight excluding hydrogens is 174 g/mol. The summed E-state index contributed by atoms with van der Waals surface area (Å²) in [5.41, 5.74) is 0. The van der Waals surface area contributed by atoms with Gasteiger partial charge in [0.05, 0.1) is 9.92 Å². The molecule has 0 spiro atoms. The van der Waals surface area contributed by atoms with E-state index in [4.69, 9.17) is 11.6 Å². The summed E-state index contributed by atoms with van der Waals surface area (Å²) >= 11 is 5.46. The zero-order chi connectivity index (χ0) is 7.56. The number of thiol groups is 1. The molecule has 0 N–H and O–H groups in total. The summed E-state index contributed by atoms with van der Waals surface area (Å²) in [4.78, 5) is 3.73.